The second kappa shape index (κ2) is 10.9. The van der Waals surface area contributed by atoms with Gasteiger partial charge in [0.25, 0.3) is 5.69 Å². The number of carbonyl (C=O) groups excluding carboxylic acids is 2. The van der Waals surface area contributed by atoms with Crippen LogP contribution in [0.1, 0.15) is 90.3 Å². The van der Waals surface area contributed by atoms with E-state index in [1.54, 1.807) is 26.8 Å². The lowest BCUT2D eigenvalue weighted by Gasteiger charge is -2.41. The lowest BCUT2D eigenvalue weighted by Crippen LogP contribution is -2.29. The van der Waals surface area contributed by atoms with Crippen molar-refractivity contribution < 1.29 is 23.2 Å². The molecule has 1 aliphatic rings. The van der Waals surface area contributed by atoms with Gasteiger partial charge >= 0.3 is 6.09 Å². The summed E-state index contributed by atoms with van der Waals surface area (Å²) in [6.07, 6.45) is 1.44. The highest BCUT2D eigenvalue weighted by atomic mass is 19.1. The van der Waals surface area contributed by atoms with Crippen LogP contribution in [0.4, 0.5) is 20.7 Å². The SMILES string of the molecule is [C-]#[N+]c1c(-c2ccc(CC(=O)Cc3cc(C4CC(C)(C)C4)no3)cc2F)nn(C(C)C)c1NC(=O)OC(C)(C)C. The van der Waals surface area contributed by atoms with Crippen molar-refractivity contribution in [2.45, 2.75) is 91.7 Å². The summed E-state index contributed by atoms with van der Waals surface area (Å²) in [6.45, 7) is 21.0. The number of benzene rings is 1. The molecule has 1 aromatic carbocycles. The Kier molecular flexibility index (Phi) is 7.88. The van der Waals surface area contributed by atoms with E-state index in [0.29, 0.717) is 22.7 Å². The van der Waals surface area contributed by atoms with Crippen molar-refractivity contribution in [3.8, 4) is 11.3 Å². The Labute approximate surface area is 233 Å². The number of rotatable bonds is 8. The molecule has 2 heterocycles. The molecule has 212 valence electrons. The molecule has 2 aromatic heterocycles. The predicted molar refractivity (Wildman–Crippen MR) is 149 cm³/mol. The molecule has 0 spiro atoms. The highest BCUT2D eigenvalue weighted by Gasteiger charge is 2.38. The van der Waals surface area contributed by atoms with Gasteiger partial charge in [-0.3, -0.25) is 14.8 Å². The van der Waals surface area contributed by atoms with E-state index in [2.05, 4.69) is 34.3 Å². The van der Waals surface area contributed by atoms with E-state index in [0.717, 1.165) is 18.5 Å². The van der Waals surface area contributed by atoms with Crippen LogP contribution in [0.15, 0.2) is 28.8 Å². The molecule has 1 aliphatic carbocycles. The summed E-state index contributed by atoms with van der Waals surface area (Å²) in [4.78, 5) is 28.7. The van der Waals surface area contributed by atoms with Gasteiger partial charge in [0.05, 0.1) is 18.7 Å². The molecule has 0 atom stereocenters. The van der Waals surface area contributed by atoms with E-state index >= 15 is 4.39 Å². The van der Waals surface area contributed by atoms with Crippen molar-refractivity contribution in [1.82, 2.24) is 14.9 Å². The minimum Gasteiger partial charge on any atom is -0.444 e. The molecule has 4 rings (SSSR count). The zero-order valence-electron chi connectivity index (χ0n) is 24.1. The summed E-state index contributed by atoms with van der Waals surface area (Å²) >= 11 is 0. The number of Topliss-reactive ketones (excluding diaryl/α,β-unsaturated/α-hetero) is 1. The van der Waals surface area contributed by atoms with Crippen molar-refractivity contribution in [2.75, 3.05) is 5.32 Å². The molecule has 0 unspecified atom stereocenters. The maximum absolute atomic E-state index is 15.4. The van der Waals surface area contributed by atoms with Gasteiger partial charge in [0.2, 0.25) is 0 Å². The first kappa shape index (κ1) is 29.0. The quantitative estimate of drug-likeness (QED) is 0.293. The Bertz CT molecular complexity index is 1460. The number of hydrogen-bond donors (Lipinski definition) is 1. The fourth-order valence-corrected chi connectivity index (χ4v) is 5.04. The van der Waals surface area contributed by atoms with Gasteiger partial charge in [-0.15, -0.1) is 0 Å². The number of hydrogen-bond acceptors (Lipinski definition) is 6. The van der Waals surface area contributed by atoms with Crippen molar-refractivity contribution in [3.05, 3.63) is 58.5 Å². The van der Waals surface area contributed by atoms with Crippen LogP contribution >= 0.6 is 0 Å². The van der Waals surface area contributed by atoms with Gasteiger partial charge in [-0.25, -0.2) is 14.0 Å². The zero-order valence-corrected chi connectivity index (χ0v) is 24.1. The summed E-state index contributed by atoms with van der Waals surface area (Å²) < 4.78 is 27.5. The predicted octanol–water partition coefficient (Wildman–Crippen LogP) is 7.41. The number of anilines is 1. The summed E-state index contributed by atoms with van der Waals surface area (Å²) in [5, 5.41) is 11.2. The van der Waals surface area contributed by atoms with Crippen LogP contribution in [0.25, 0.3) is 16.1 Å². The molecule has 1 fully saturated rings. The fourth-order valence-electron chi connectivity index (χ4n) is 5.04. The summed E-state index contributed by atoms with van der Waals surface area (Å²) in [5.41, 5.74) is 1.14. The second-order valence-electron chi connectivity index (χ2n) is 12.5. The Morgan fingerprint density at radius 2 is 1.95 bits per heavy atom. The van der Waals surface area contributed by atoms with Crippen LogP contribution in [-0.4, -0.2) is 32.4 Å². The summed E-state index contributed by atoms with van der Waals surface area (Å²) in [6, 6.07) is 6.04. The third kappa shape index (κ3) is 6.58. The number of amides is 1. The third-order valence-electron chi connectivity index (χ3n) is 6.76. The van der Waals surface area contributed by atoms with Crippen LogP contribution in [-0.2, 0) is 22.4 Å². The van der Waals surface area contributed by atoms with Crippen LogP contribution < -0.4 is 5.32 Å². The number of halogens is 1. The van der Waals surface area contributed by atoms with Crippen molar-refractivity contribution in [1.29, 1.82) is 0 Å². The van der Waals surface area contributed by atoms with Crippen molar-refractivity contribution in [2.24, 2.45) is 5.41 Å². The van der Waals surface area contributed by atoms with E-state index in [-0.39, 0.29) is 47.4 Å². The Hall–Kier alpha value is -4.00. The Morgan fingerprint density at radius 1 is 1.25 bits per heavy atom. The molecule has 0 radical (unpaired) electrons. The smallest absolute Gasteiger partial charge is 0.412 e. The van der Waals surface area contributed by atoms with E-state index in [9.17, 15) is 9.59 Å². The number of ketones is 1. The standard InChI is InChI=1S/C30H36FN5O4/c1-17(2)36-27(33-28(38)39-29(3,4)5)26(32-8)25(34-36)22-10-9-18(12-23(22)31)11-20(37)13-21-14-24(35-40-21)19-15-30(6,7)16-19/h9-10,12,14,17,19H,11,13,15-16H2,1-7H3,(H,33,38). The third-order valence-corrected chi connectivity index (χ3v) is 6.76. The Morgan fingerprint density at radius 3 is 2.52 bits per heavy atom. The largest absolute Gasteiger partial charge is 0.444 e. The molecule has 10 heteroatoms. The van der Waals surface area contributed by atoms with Crippen LogP contribution in [0.5, 0.6) is 0 Å². The molecular weight excluding hydrogens is 513 g/mol. The average molecular weight is 550 g/mol. The van der Waals surface area contributed by atoms with Crippen molar-refractivity contribution >= 4 is 23.4 Å². The normalized spacial score (nSPS) is 15.0. The average Bonchev–Trinajstić information content (AvgIpc) is 3.40. The van der Waals surface area contributed by atoms with Gasteiger partial charge in [-0.2, -0.15) is 5.10 Å². The van der Waals surface area contributed by atoms with Gasteiger partial charge in [-0.1, -0.05) is 31.1 Å². The van der Waals surface area contributed by atoms with E-state index < -0.39 is 17.5 Å². The number of nitrogens with one attached hydrogen (secondary N) is 1. The van der Waals surface area contributed by atoms with Gasteiger partial charge in [0, 0.05) is 30.0 Å². The van der Waals surface area contributed by atoms with Gasteiger partial charge in [0.15, 0.2) is 0 Å². The lowest BCUT2D eigenvalue weighted by molar-refractivity contribution is -0.118. The molecule has 9 nitrogen and oxygen atoms in total. The summed E-state index contributed by atoms with van der Waals surface area (Å²) in [7, 11) is 0. The first-order valence-corrected chi connectivity index (χ1v) is 13.4. The van der Waals surface area contributed by atoms with E-state index in [4.69, 9.17) is 15.8 Å². The van der Waals surface area contributed by atoms with E-state index in [1.807, 2.05) is 19.9 Å². The number of nitrogens with zero attached hydrogens (tertiary/aromatic N) is 4. The molecule has 0 bridgehead atoms. The first-order chi connectivity index (χ1) is 18.7. The van der Waals surface area contributed by atoms with Crippen LogP contribution in [0.2, 0.25) is 0 Å². The fraction of sp³-hybridized carbons (Fsp3) is 0.500. The molecule has 0 aliphatic heterocycles. The Balaban J connectivity index is 1.50. The van der Waals surface area contributed by atoms with Crippen LogP contribution in [0, 0.1) is 17.8 Å². The lowest BCUT2D eigenvalue weighted by atomic mass is 9.63. The van der Waals surface area contributed by atoms with Gasteiger partial charge in [0.1, 0.15) is 34.5 Å². The molecule has 0 saturated heterocycles. The topological polar surface area (TPSA) is 104 Å². The van der Waals surface area contributed by atoms with E-state index in [1.165, 1.54) is 16.8 Å². The molecule has 40 heavy (non-hydrogen) atoms. The first-order valence-electron chi connectivity index (χ1n) is 13.4. The van der Waals surface area contributed by atoms with Gasteiger partial charge < -0.3 is 9.26 Å². The highest BCUT2D eigenvalue weighted by molar-refractivity contribution is 5.93. The number of aromatic nitrogens is 3. The molecule has 3 aromatic rings. The van der Waals surface area contributed by atoms with Gasteiger partial charge in [-0.05, 0) is 64.5 Å². The number of carbonyl (C=O) groups is 2. The highest BCUT2D eigenvalue weighted by Crippen LogP contribution is 2.50. The zero-order chi connectivity index (χ0) is 29.4. The van der Waals surface area contributed by atoms with Crippen LogP contribution in [0.3, 0.4) is 0 Å². The molecule has 1 N–H and O–H groups in total. The second-order valence-corrected chi connectivity index (χ2v) is 12.5. The molecule has 1 saturated carbocycles. The maximum Gasteiger partial charge on any atom is 0.412 e. The number of ether oxygens (including phenoxy) is 1. The maximum atomic E-state index is 15.4. The minimum atomic E-state index is -0.740. The molecule has 1 amide bonds. The molecular formula is C30H36FN5O4. The minimum absolute atomic E-state index is 0.00161. The monoisotopic (exact) mass is 549 g/mol. The van der Waals surface area contributed by atoms with Crippen molar-refractivity contribution in [3.63, 3.8) is 0 Å². The summed E-state index contributed by atoms with van der Waals surface area (Å²) in [5.74, 6) is 0.252.